The van der Waals surface area contributed by atoms with Gasteiger partial charge in [0.1, 0.15) is 11.2 Å². The fraction of sp³-hybridized carbons (Fsp3) is 0. The third-order valence-electron chi connectivity index (χ3n) is 9.46. The summed E-state index contributed by atoms with van der Waals surface area (Å²) in [7, 11) is 0. The van der Waals surface area contributed by atoms with Crippen molar-refractivity contribution in [2.24, 2.45) is 0 Å². The number of aromatic nitrogens is 3. The molecule has 4 nitrogen and oxygen atoms in total. The van der Waals surface area contributed by atoms with Gasteiger partial charge in [-0.2, -0.15) is 0 Å². The van der Waals surface area contributed by atoms with Crippen LogP contribution in [0.2, 0.25) is 0 Å². The maximum absolute atomic E-state index is 6.74. The highest BCUT2D eigenvalue weighted by Gasteiger charge is 2.21. The molecule has 0 unspecified atom stereocenters. The van der Waals surface area contributed by atoms with Crippen LogP contribution in [0.3, 0.4) is 0 Å². The van der Waals surface area contributed by atoms with Gasteiger partial charge in [-0.15, -0.1) is 0 Å². The summed E-state index contributed by atoms with van der Waals surface area (Å²) in [6, 6.07) is 57.0. The van der Waals surface area contributed by atoms with Crippen LogP contribution in [-0.2, 0) is 0 Å². The molecule has 0 N–H and O–H groups in total. The molecule has 0 atom stereocenters. The molecule has 4 heteroatoms. The Morgan fingerprint density at radius 3 is 1.57 bits per heavy atom. The molecule has 0 saturated carbocycles. The van der Waals surface area contributed by atoms with Crippen molar-refractivity contribution in [3.63, 3.8) is 0 Å². The van der Waals surface area contributed by atoms with Crippen LogP contribution in [-0.4, -0.2) is 15.0 Å². The van der Waals surface area contributed by atoms with Crippen molar-refractivity contribution in [1.82, 2.24) is 15.0 Å². The predicted molar refractivity (Wildman–Crippen MR) is 201 cm³/mol. The van der Waals surface area contributed by atoms with Crippen LogP contribution in [0.5, 0.6) is 0 Å². The standard InChI is InChI=1S/C45H27N3O/c1-2-10-28(11-3-1)36-26-38-41-37-17-9-8-14-31(37)22-23-40(41)49-42(38)39(27-36)45-47-43(34-20-18-29-12-4-6-15-32(29)24-34)46-44(48-45)35-21-19-30-13-5-7-16-33(30)25-35/h1-27H. The largest absolute Gasteiger partial charge is 0.455 e. The topological polar surface area (TPSA) is 51.8 Å². The van der Waals surface area contributed by atoms with Crippen LogP contribution in [0.15, 0.2) is 168 Å². The van der Waals surface area contributed by atoms with Crippen molar-refractivity contribution in [2.75, 3.05) is 0 Å². The van der Waals surface area contributed by atoms with Crippen molar-refractivity contribution >= 4 is 54.3 Å². The minimum Gasteiger partial charge on any atom is -0.455 e. The molecular formula is C45H27N3O. The van der Waals surface area contributed by atoms with Crippen molar-refractivity contribution in [3.8, 4) is 45.3 Å². The second kappa shape index (κ2) is 11.0. The van der Waals surface area contributed by atoms with Crippen molar-refractivity contribution in [1.29, 1.82) is 0 Å². The smallest absolute Gasteiger partial charge is 0.167 e. The van der Waals surface area contributed by atoms with E-state index in [1.165, 1.54) is 16.2 Å². The SMILES string of the molecule is c1ccc(-c2cc(-c3nc(-c4ccc5ccccc5c4)nc(-c4ccc5ccccc5c4)n3)c3oc4ccc5ccccc5c4c3c2)cc1. The Kier molecular flexibility index (Phi) is 6.15. The monoisotopic (exact) mass is 625 g/mol. The Morgan fingerprint density at radius 1 is 0.347 bits per heavy atom. The molecule has 49 heavy (non-hydrogen) atoms. The highest BCUT2D eigenvalue weighted by molar-refractivity contribution is 6.21. The first-order valence-corrected chi connectivity index (χ1v) is 16.4. The summed E-state index contributed by atoms with van der Waals surface area (Å²) < 4.78 is 6.74. The van der Waals surface area contributed by atoms with Crippen LogP contribution in [0, 0.1) is 0 Å². The second-order valence-electron chi connectivity index (χ2n) is 12.5. The van der Waals surface area contributed by atoms with Gasteiger partial charge in [0, 0.05) is 21.9 Å². The van der Waals surface area contributed by atoms with Gasteiger partial charge in [0.2, 0.25) is 0 Å². The number of rotatable bonds is 4. The molecule has 0 aliphatic carbocycles. The second-order valence-corrected chi connectivity index (χ2v) is 12.5. The Morgan fingerprint density at radius 2 is 0.898 bits per heavy atom. The first-order chi connectivity index (χ1) is 24.2. The van der Waals surface area contributed by atoms with Gasteiger partial charge < -0.3 is 4.42 Å². The van der Waals surface area contributed by atoms with E-state index < -0.39 is 0 Å². The zero-order chi connectivity index (χ0) is 32.3. The maximum atomic E-state index is 6.74. The van der Waals surface area contributed by atoms with E-state index >= 15 is 0 Å². The minimum absolute atomic E-state index is 0.562. The normalized spacial score (nSPS) is 11.7. The average molecular weight is 626 g/mol. The van der Waals surface area contributed by atoms with Gasteiger partial charge in [0.15, 0.2) is 17.5 Å². The number of benzene rings is 8. The molecular weight excluding hydrogens is 599 g/mol. The van der Waals surface area contributed by atoms with Gasteiger partial charge in [-0.3, -0.25) is 0 Å². The summed E-state index contributed by atoms with van der Waals surface area (Å²) in [4.78, 5) is 15.5. The molecule has 0 spiro atoms. The van der Waals surface area contributed by atoms with E-state index in [1.807, 2.05) is 6.07 Å². The van der Waals surface area contributed by atoms with Crippen LogP contribution in [0.25, 0.3) is 99.5 Å². The Labute approximate surface area is 282 Å². The van der Waals surface area contributed by atoms with Gasteiger partial charge in [-0.1, -0.05) is 133 Å². The van der Waals surface area contributed by atoms with Crippen LogP contribution >= 0.6 is 0 Å². The van der Waals surface area contributed by atoms with Crippen LogP contribution in [0.4, 0.5) is 0 Å². The van der Waals surface area contributed by atoms with Crippen LogP contribution < -0.4 is 0 Å². The zero-order valence-electron chi connectivity index (χ0n) is 26.3. The maximum Gasteiger partial charge on any atom is 0.167 e. The van der Waals surface area contributed by atoms with E-state index in [9.17, 15) is 0 Å². The summed E-state index contributed by atoms with van der Waals surface area (Å²) in [5.41, 5.74) is 6.44. The number of hydrogen-bond donors (Lipinski definition) is 0. The summed E-state index contributed by atoms with van der Waals surface area (Å²) in [5, 5.41) is 9.04. The lowest BCUT2D eigenvalue weighted by Gasteiger charge is -2.11. The van der Waals surface area contributed by atoms with Gasteiger partial charge >= 0.3 is 0 Å². The first-order valence-electron chi connectivity index (χ1n) is 16.4. The summed E-state index contributed by atoms with van der Waals surface area (Å²) in [5.74, 6) is 1.78. The number of furan rings is 1. The zero-order valence-corrected chi connectivity index (χ0v) is 26.3. The average Bonchev–Trinajstić information content (AvgIpc) is 3.56. The highest BCUT2D eigenvalue weighted by Crippen LogP contribution is 2.42. The molecule has 0 fully saturated rings. The summed E-state index contributed by atoms with van der Waals surface area (Å²) in [6.45, 7) is 0. The van der Waals surface area contributed by atoms with E-state index in [4.69, 9.17) is 19.4 Å². The third-order valence-corrected chi connectivity index (χ3v) is 9.46. The molecule has 8 aromatic carbocycles. The Hall–Kier alpha value is -6.65. The van der Waals surface area contributed by atoms with Gasteiger partial charge in [-0.05, 0) is 73.8 Å². The molecule has 10 aromatic rings. The van der Waals surface area contributed by atoms with Crippen molar-refractivity contribution in [2.45, 2.75) is 0 Å². The molecule has 10 rings (SSSR count). The predicted octanol–water partition coefficient (Wildman–Crippen LogP) is 11.9. The van der Waals surface area contributed by atoms with Crippen LogP contribution in [0.1, 0.15) is 0 Å². The first kappa shape index (κ1) is 27.5. The van der Waals surface area contributed by atoms with Gasteiger partial charge in [0.25, 0.3) is 0 Å². The fourth-order valence-electron chi connectivity index (χ4n) is 7.02. The lowest BCUT2D eigenvalue weighted by molar-refractivity contribution is 0.670. The highest BCUT2D eigenvalue weighted by atomic mass is 16.3. The molecule has 0 saturated heterocycles. The third kappa shape index (κ3) is 4.65. The fourth-order valence-corrected chi connectivity index (χ4v) is 7.02. The van der Waals surface area contributed by atoms with Gasteiger partial charge in [0.05, 0.1) is 5.56 Å². The lowest BCUT2D eigenvalue weighted by Crippen LogP contribution is -2.00. The molecule has 2 heterocycles. The molecule has 0 amide bonds. The lowest BCUT2D eigenvalue weighted by atomic mass is 9.97. The molecule has 0 radical (unpaired) electrons. The summed E-state index contributed by atoms with van der Waals surface area (Å²) >= 11 is 0. The van der Waals surface area contributed by atoms with Gasteiger partial charge in [-0.25, -0.2) is 15.0 Å². The quantitative estimate of drug-likeness (QED) is 0.195. The molecule has 2 aromatic heterocycles. The van der Waals surface area contributed by atoms with E-state index in [0.717, 1.165) is 65.9 Å². The van der Waals surface area contributed by atoms with E-state index in [1.54, 1.807) is 0 Å². The van der Waals surface area contributed by atoms with E-state index in [-0.39, 0.29) is 0 Å². The number of hydrogen-bond acceptors (Lipinski definition) is 4. The molecule has 228 valence electrons. The summed E-state index contributed by atoms with van der Waals surface area (Å²) in [6.07, 6.45) is 0. The minimum atomic E-state index is 0.562. The van der Waals surface area contributed by atoms with Crippen molar-refractivity contribution < 1.29 is 4.42 Å². The Bertz CT molecular complexity index is 2790. The molecule has 0 aliphatic rings. The molecule has 0 bridgehead atoms. The van der Waals surface area contributed by atoms with E-state index in [2.05, 4.69) is 158 Å². The van der Waals surface area contributed by atoms with Crippen molar-refractivity contribution in [3.05, 3.63) is 164 Å². The van der Waals surface area contributed by atoms with E-state index in [0.29, 0.717) is 17.5 Å². The molecule has 0 aliphatic heterocycles. The number of fused-ring (bicyclic) bond motifs is 7. The number of nitrogens with zero attached hydrogens (tertiary/aromatic N) is 3. The Balaban J connectivity index is 1.29.